The summed E-state index contributed by atoms with van der Waals surface area (Å²) >= 11 is 0. The van der Waals surface area contributed by atoms with Crippen LogP contribution < -0.4 is 10.9 Å². The highest BCUT2D eigenvalue weighted by atomic mass is 15.4. The van der Waals surface area contributed by atoms with Crippen LogP contribution in [0.3, 0.4) is 0 Å². The van der Waals surface area contributed by atoms with Gasteiger partial charge in [-0.15, -0.1) is 0 Å². The van der Waals surface area contributed by atoms with Crippen molar-refractivity contribution in [1.29, 1.82) is 0 Å². The van der Waals surface area contributed by atoms with Gasteiger partial charge in [0.25, 0.3) is 0 Å². The van der Waals surface area contributed by atoms with Crippen LogP contribution in [0.1, 0.15) is 27.2 Å². The van der Waals surface area contributed by atoms with E-state index in [9.17, 15) is 0 Å². The van der Waals surface area contributed by atoms with Gasteiger partial charge >= 0.3 is 0 Å². The van der Waals surface area contributed by atoms with E-state index in [0.29, 0.717) is 6.04 Å². The Labute approximate surface area is 68.3 Å². The average Bonchev–Trinajstić information content (AvgIpc) is 1.92. The molecule has 0 saturated heterocycles. The standard InChI is InChI=1S/C8H17N3/c1-7-4-5-9-6-8(2,3)11-10-7/h6-7,10-11H,4-5H2,1-3H3/t7-/m0/s1. The van der Waals surface area contributed by atoms with Gasteiger partial charge in [0.15, 0.2) is 0 Å². The van der Waals surface area contributed by atoms with Gasteiger partial charge in [0.05, 0.1) is 5.54 Å². The largest absolute Gasteiger partial charge is 0.295 e. The first kappa shape index (κ1) is 8.68. The van der Waals surface area contributed by atoms with Crippen LogP contribution in [-0.2, 0) is 0 Å². The van der Waals surface area contributed by atoms with E-state index in [1.54, 1.807) is 0 Å². The van der Waals surface area contributed by atoms with Crippen LogP contribution in [-0.4, -0.2) is 24.3 Å². The predicted molar refractivity (Wildman–Crippen MR) is 47.8 cm³/mol. The Kier molecular flexibility index (Phi) is 2.62. The molecule has 3 nitrogen and oxygen atoms in total. The van der Waals surface area contributed by atoms with Crippen molar-refractivity contribution in [3.05, 3.63) is 0 Å². The lowest BCUT2D eigenvalue weighted by atomic mass is 10.1. The fraction of sp³-hybridized carbons (Fsp3) is 0.875. The molecule has 2 N–H and O–H groups in total. The summed E-state index contributed by atoms with van der Waals surface area (Å²) in [4.78, 5) is 4.31. The van der Waals surface area contributed by atoms with Gasteiger partial charge in [-0.3, -0.25) is 10.4 Å². The number of nitrogens with zero attached hydrogens (tertiary/aromatic N) is 1. The highest BCUT2D eigenvalue weighted by molar-refractivity contribution is 5.68. The van der Waals surface area contributed by atoms with E-state index in [-0.39, 0.29) is 5.54 Å². The lowest BCUT2D eigenvalue weighted by Gasteiger charge is -2.27. The first-order valence-corrected chi connectivity index (χ1v) is 4.14. The molecule has 0 saturated carbocycles. The third kappa shape index (κ3) is 2.99. The molecule has 0 spiro atoms. The molecular weight excluding hydrogens is 138 g/mol. The second-order valence-electron chi connectivity index (χ2n) is 3.72. The zero-order valence-electron chi connectivity index (χ0n) is 7.52. The van der Waals surface area contributed by atoms with E-state index < -0.39 is 0 Å². The summed E-state index contributed by atoms with van der Waals surface area (Å²) in [5.41, 5.74) is 6.43. The Morgan fingerprint density at radius 3 is 3.00 bits per heavy atom. The predicted octanol–water partition coefficient (Wildman–Crippen LogP) is 0.722. The third-order valence-corrected chi connectivity index (χ3v) is 1.75. The van der Waals surface area contributed by atoms with Crippen molar-refractivity contribution in [3.8, 4) is 0 Å². The van der Waals surface area contributed by atoms with Gasteiger partial charge in [0.1, 0.15) is 0 Å². The van der Waals surface area contributed by atoms with Gasteiger partial charge in [-0.1, -0.05) is 0 Å². The van der Waals surface area contributed by atoms with Crippen molar-refractivity contribution in [2.45, 2.75) is 38.8 Å². The van der Waals surface area contributed by atoms with Crippen molar-refractivity contribution in [2.75, 3.05) is 6.54 Å². The quantitative estimate of drug-likeness (QED) is 0.541. The average molecular weight is 155 g/mol. The summed E-state index contributed by atoms with van der Waals surface area (Å²) in [7, 11) is 0. The number of hydrogen-bond donors (Lipinski definition) is 2. The molecule has 0 unspecified atom stereocenters. The zero-order chi connectivity index (χ0) is 8.32. The monoisotopic (exact) mass is 155 g/mol. The third-order valence-electron chi connectivity index (χ3n) is 1.75. The second-order valence-corrected chi connectivity index (χ2v) is 3.72. The lowest BCUT2D eigenvalue weighted by Crippen LogP contribution is -2.53. The van der Waals surface area contributed by atoms with E-state index in [2.05, 4.69) is 36.6 Å². The maximum atomic E-state index is 4.31. The van der Waals surface area contributed by atoms with E-state index in [4.69, 9.17) is 0 Å². The molecule has 0 fully saturated rings. The summed E-state index contributed by atoms with van der Waals surface area (Å²) in [5, 5.41) is 0. The molecule has 1 aliphatic rings. The fourth-order valence-electron chi connectivity index (χ4n) is 0.975. The Hall–Kier alpha value is -0.410. The van der Waals surface area contributed by atoms with E-state index in [0.717, 1.165) is 13.0 Å². The molecule has 1 rings (SSSR count). The molecule has 0 aromatic rings. The summed E-state index contributed by atoms with van der Waals surface area (Å²) in [6, 6.07) is 0.506. The first-order valence-electron chi connectivity index (χ1n) is 4.14. The molecule has 1 atom stereocenters. The van der Waals surface area contributed by atoms with Gasteiger partial charge in [0, 0.05) is 18.8 Å². The van der Waals surface area contributed by atoms with E-state index in [1.807, 2.05) is 6.21 Å². The Bertz CT molecular complexity index is 151. The van der Waals surface area contributed by atoms with Gasteiger partial charge in [-0.2, -0.15) is 0 Å². The molecule has 0 aromatic carbocycles. The number of nitrogens with one attached hydrogen (secondary N) is 2. The molecule has 0 radical (unpaired) electrons. The van der Waals surface area contributed by atoms with Crippen LogP contribution in [0.2, 0.25) is 0 Å². The van der Waals surface area contributed by atoms with Crippen LogP contribution in [0.25, 0.3) is 0 Å². The minimum Gasteiger partial charge on any atom is -0.295 e. The van der Waals surface area contributed by atoms with Gasteiger partial charge in [0.2, 0.25) is 0 Å². The van der Waals surface area contributed by atoms with Gasteiger partial charge < -0.3 is 0 Å². The van der Waals surface area contributed by atoms with Gasteiger partial charge in [-0.05, 0) is 27.2 Å². The van der Waals surface area contributed by atoms with Gasteiger partial charge in [-0.25, -0.2) is 5.43 Å². The number of rotatable bonds is 0. The molecule has 3 heteroatoms. The normalized spacial score (nSPS) is 31.0. The maximum absolute atomic E-state index is 4.31. The summed E-state index contributed by atoms with van der Waals surface area (Å²) in [6.45, 7) is 7.28. The second kappa shape index (κ2) is 3.32. The van der Waals surface area contributed by atoms with E-state index in [1.165, 1.54) is 0 Å². The molecule has 0 aliphatic carbocycles. The fourth-order valence-corrected chi connectivity index (χ4v) is 0.975. The Morgan fingerprint density at radius 1 is 1.55 bits per heavy atom. The smallest absolute Gasteiger partial charge is 0.0613 e. The molecule has 0 bridgehead atoms. The van der Waals surface area contributed by atoms with Crippen LogP contribution >= 0.6 is 0 Å². The topological polar surface area (TPSA) is 36.4 Å². The molecule has 64 valence electrons. The molecule has 1 aliphatic heterocycles. The van der Waals surface area contributed by atoms with Crippen LogP contribution in [0, 0.1) is 0 Å². The SMILES string of the molecule is C[C@H]1CCN=CC(C)(C)NN1. The highest BCUT2D eigenvalue weighted by Crippen LogP contribution is 2.01. The summed E-state index contributed by atoms with van der Waals surface area (Å²) < 4.78 is 0. The molecule has 0 aromatic heterocycles. The number of hydrogen-bond acceptors (Lipinski definition) is 3. The molecule has 0 amide bonds. The summed E-state index contributed by atoms with van der Waals surface area (Å²) in [5.74, 6) is 0. The first-order chi connectivity index (χ1) is 5.10. The number of aliphatic imine (C=N–C) groups is 1. The van der Waals surface area contributed by atoms with Crippen molar-refractivity contribution >= 4 is 6.21 Å². The molecule has 1 heterocycles. The highest BCUT2D eigenvalue weighted by Gasteiger charge is 2.16. The lowest BCUT2D eigenvalue weighted by molar-refractivity contribution is 0.357. The summed E-state index contributed by atoms with van der Waals surface area (Å²) in [6.07, 6.45) is 3.06. The van der Waals surface area contributed by atoms with Crippen LogP contribution in [0.5, 0.6) is 0 Å². The van der Waals surface area contributed by atoms with Crippen LogP contribution in [0.4, 0.5) is 0 Å². The Balaban J connectivity index is 2.53. The van der Waals surface area contributed by atoms with Crippen LogP contribution in [0.15, 0.2) is 4.99 Å². The minimum absolute atomic E-state index is 0.0192. The minimum atomic E-state index is -0.0192. The Morgan fingerprint density at radius 2 is 2.27 bits per heavy atom. The van der Waals surface area contributed by atoms with Crippen molar-refractivity contribution < 1.29 is 0 Å². The number of hydrazine groups is 1. The van der Waals surface area contributed by atoms with E-state index >= 15 is 0 Å². The van der Waals surface area contributed by atoms with Crippen molar-refractivity contribution in [1.82, 2.24) is 10.9 Å². The zero-order valence-corrected chi connectivity index (χ0v) is 7.52. The van der Waals surface area contributed by atoms with Crippen molar-refractivity contribution in [2.24, 2.45) is 4.99 Å². The molecular formula is C8H17N3. The molecule has 11 heavy (non-hydrogen) atoms. The van der Waals surface area contributed by atoms with Crippen molar-refractivity contribution in [3.63, 3.8) is 0 Å². The maximum Gasteiger partial charge on any atom is 0.0613 e.